The molecule has 0 radical (unpaired) electrons. The standard InChI is InChI=1S/C16H23ClFN/c1-12(13-6-4-2-3-5-7-13)19-11-14-8-9-15(18)10-16(14)17/h8-10,12-13,19H,2-7,11H2,1H3/t12-/m1/s1. The number of halogens is 2. The Bertz CT molecular complexity index is 400. The Balaban J connectivity index is 1.86. The van der Waals surface area contributed by atoms with E-state index in [0.29, 0.717) is 11.1 Å². The van der Waals surface area contributed by atoms with Crippen molar-refractivity contribution in [1.82, 2.24) is 5.32 Å². The molecule has 1 fully saturated rings. The maximum Gasteiger partial charge on any atom is 0.124 e. The van der Waals surface area contributed by atoms with Crippen LogP contribution in [0.3, 0.4) is 0 Å². The summed E-state index contributed by atoms with van der Waals surface area (Å²) in [7, 11) is 0. The average molecular weight is 284 g/mol. The van der Waals surface area contributed by atoms with Crippen molar-refractivity contribution in [3.05, 3.63) is 34.6 Å². The number of benzene rings is 1. The summed E-state index contributed by atoms with van der Waals surface area (Å²) in [6, 6.07) is 5.12. The van der Waals surface area contributed by atoms with Crippen LogP contribution in [-0.4, -0.2) is 6.04 Å². The van der Waals surface area contributed by atoms with Crippen LogP contribution in [0.15, 0.2) is 18.2 Å². The molecule has 0 aromatic heterocycles. The fraction of sp³-hybridized carbons (Fsp3) is 0.625. The van der Waals surface area contributed by atoms with Gasteiger partial charge < -0.3 is 5.32 Å². The number of hydrogen-bond acceptors (Lipinski definition) is 1. The highest BCUT2D eigenvalue weighted by molar-refractivity contribution is 6.31. The molecule has 3 heteroatoms. The van der Waals surface area contributed by atoms with Crippen LogP contribution in [0.25, 0.3) is 0 Å². The fourth-order valence-electron chi connectivity index (χ4n) is 2.91. The van der Waals surface area contributed by atoms with E-state index in [0.717, 1.165) is 18.0 Å². The van der Waals surface area contributed by atoms with E-state index in [-0.39, 0.29) is 5.82 Å². The summed E-state index contributed by atoms with van der Waals surface area (Å²) in [5.74, 6) is 0.493. The van der Waals surface area contributed by atoms with E-state index in [4.69, 9.17) is 11.6 Å². The molecule has 0 saturated heterocycles. The molecule has 0 aliphatic heterocycles. The molecule has 0 spiro atoms. The first kappa shape index (κ1) is 14.8. The van der Waals surface area contributed by atoms with Gasteiger partial charge in [-0.2, -0.15) is 0 Å². The van der Waals surface area contributed by atoms with Crippen LogP contribution in [-0.2, 0) is 6.54 Å². The molecule has 19 heavy (non-hydrogen) atoms. The summed E-state index contributed by atoms with van der Waals surface area (Å²) >= 11 is 6.04. The molecule has 1 atom stereocenters. The third-order valence-corrected chi connectivity index (χ3v) is 4.59. The second-order valence-corrected chi connectivity index (χ2v) is 6.06. The van der Waals surface area contributed by atoms with Crippen LogP contribution >= 0.6 is 11.6 Å². The summed E-state index contributed by atoms with van der Waals surface area (Å²) in [4.78, 5) is 0. The van der Waals surface area contributed by atoms with Crippen molar-refractivity contribution in [2.24, 2.45) is 5.92 Å². The number of nitrogens with one attached hydrogen (secondary N) is 1. The zero-order chi connectivity index (χ0) is 13.7. The molecule has 0 amide bonds. The van der Waals surface area contributed by atoms with Gasteiger partial charge in [-0.3, -0.25) is 0 Å². The van der Waals surface area contributed by atoms with Gasteiger partial charge in [-0.1, -0.05) is 43.4 Å². The molecule has 0 unspecified atom stereocenters. The monoisotopic (exact) mass is 283 g/mol. The number of hydrogen-bond donors (Lipinski definition) is 1. The highest BCUT2D eigenvalue weighted by Gasteiger charge is 2.18. The van der Waals surface area contributed by atoms with Crippen molar-refractivity contribution in [2.45, 2.75) is 58.0 Å². The highest BCUT2D eigenvalue weighted by atomic mass is 35.5. The predicted molar refractivity (Wildman–Crippen MR) is 78.9 cm³/mol. The van der Waals surface area contributed by atoms with E-state index in [9.17, 15) is 4.39 Å². The predicted octanol–water partition coefficient (Wildman–Crippen LogP) is 4.93. The lowest BCUT2D eigenvalue weighted by atomic mass is 9.93. The van der Waals surface area contributed by atoms with Crippen LogP contribution in [0.4, 0.5) is 4.39 Å². The maximum atomic E-state index is 13.0. The second kappa shape index (κ2) is 7.25. The SMILES string of the molecule is C[C@@H](NCc1ccc(F)cc1Cl)C1CCCCCC1. The lowest BCUT2D eigenvalue weighted by molar-refractivity contribution is 0.336. The van der Waals surface area contributed by atoms with Crippen LogP contribution in [0.5, 0.6) is 0 Å². The molecular weight excluding hydrogens is 261 g/mol. The molecule has 1 N–H and O–H groups in total. The Hall–Kier alpha value is -0.600. The maximum absolute atomic E-state index is 13.0. The van der Waals surface area contributed by atoms with Gasteiger partial charge in [0.25, 0.3) is 0 Å². The molecule has 1 aliphatic rings. The van der Waals surface area contributed by atoms with Crippen molar-refractivity contribution in [2.75, 3.05) is 0 Å². The molecule has 1 aromatic rings. The third-order valence-electron chi connectivity index (χ3n) is 4.24. The zero-order valence-electron chi connectivity index (χ0n) is 11.6. The van der Waals surface area contributed by atoms with E-state index in [1.165, 1.54) is 50.7 Å². The van der Waals surface area contributed by atoms with Gasteiger partial charge in [0.15, 0.2) is 0 Å². The molecule has 0 heterocycles. The first-order chi connectivity index (χ1) is 9.16. The van der Waals surface area contributed by atoms with E-state index in [2.05, 4.69) is 12.2 Å². The highest BCUT2D eigenvalue weighted by Crippen LogP contribution is 2.26. The lowest BCUT2D eigenvalue weighted by Gasteiger charge is -2.24. The van der Waals surface area contributed by atoms with Crippen molar-refractivity contribution in [3.8, 4) is 0 Å². The van der Waals surface area contributed by atoms with Gasteiger partial charge in [0.05, 0.1) is 0 Å². The summed E-state index contributed by atoms with van der Waals surface area (Å²) in [5.41, 5.74) is 0.975. The Morgan fingerprint density at radius 2 is 1.95 bits per heavy atom. The fourth-order valence-corrected chi connectivity index (χ4v) is 3.15. The lowest BCUT2D eigenvalue weighted by Crippen LogP contribution is -2.33. The summed E-state index contributed by atoms with van der Waals surface area (Å²) < 4.78 is 13.0. The topological polar surface area (TPSA) is 12.0 Å². The summed E-state index contributed by atoms with van der Waals surface area (Å²) in [6.45, 7) is 2.98. The Morgan fingerprint density at radius 3 is 2.58 bits per heavy atom. The van der Waals surface area contributed by atoms with Crippen molar-refractivity contribution in [1.29, 1.82) is 0 Å². The molecular formula is C16H23ClFN. The van der Waals surface area contributed by atoms with Gasteiger partial charge in [0.1, 0.15) is 5.82 Å². The van der Waals surface area contributed by atoms with E-state index in [1.807, 2.05) is 0 Å². The third kappa shape index (κ3) is 4.47. The minimum Gasteiger partial charge on any atom is -0.310 e. The summed E-state index contributed by atoms with van der Waals surface area (Å²) in [5, 5.41) is 4.06. The van der Waals surface area contributed by atoms with Gasteiger partial charge in [0.2, 0.25) is 0 Å². The minimum absolute atomic E-state index is 0.273. The smallest absolute Gasteiger partial charge is 0.124 e. The molecule has 2 rings (SSSR count). The second-order valence-electron chi connectivity index (χ2n) is 5.66. The van der Waals surface area contributed by atoms with Gasteiger partial charge in [0, 0.05) is 17.6 Å². The summed E-state index contributed by atoms with van der Waals surface area (Å²) in [6.07, 6.45) is 8.12. The molecule has 1 aromatic carbocycles. The van der Waals surface area contributed by atoms with E-state index >= 15 is 0 Å². The van der Waals surface area contributed by atoms with Crippen molar-refractivity contribution < 1.29 is 4.39 Å². The van der Waals surface area contributed by atoms with Crippen LogP contribution < -0.4 is 5.32 Å². The first-order valence-electron chi connectivity index (χ1n) is 7.34. The van der Waals surface area contributed by atoms with Gasteiger partial charge in [-0.05, 0) is 43.4 Å². The van der Waals surface area contributed by atoms with Gasteiger partial charge >= 0.3 is 0 Å². The average Bonchev–Trinajstić information content (AvgIpc) is 2.66. The Kier molecular flexibility index (Phi) is 5.65. The van der Waals surface area contributed by atoms with Crippen molar-refractivity contribution in [3.63, 3.8) is 0 Å². The number of rotatable bonds is 4. The normalized spacial score (nSPS) is 19.1. The van der Waals surface area contributed by atoms with Crippen LogP contribution in [0.1, 0.15) is 51.0 Å². The van der Waals surface area contributed by atoms with Crippen molar-refractivity contribution >= 4 is 11.6 Å². The quantitative estimate of drug-likeness (QED) is 0.773. The molecule has 0 bridgehead atoms. The molecule has 106 valence electrons. The van der Waals surface area contributed by atoms with Gasteiger partial charge in [-0.25, -0.2) is 4.39 Å². The van der Waals surface area contributed by atoms with Crippen LogP contribution in [0.2, 0.25) is 5.02 Å². The zero-order valence-corrected chi connectivity index (χ0v) is 12.3. The van der Waals surface area contributed by atoms with Crippen LogP contribution in [0, 0.1) is 11.7 Å². The molecule has 1 aliphatic carbocycles. The molecule has 1 saturated carbocycles. The van der Waals surface area contributed by atoms with E-state index < -0.39 is 0 Å². The minimum atomic E-state index is -0.273. The Labute approximate surface area is 120 Å². The Morgan fingerprint density at radius 1 is 1.26 bits per heavy atom. The van der Waals surface area contributed by atoms with E-state index in [1.54, 1.807) is 6.07 Å². The molecule has 1 nitrogen and oxygen atoms in total. The first-order valence-corrected chi connectivity index (χ1v) is 7.72. The van der Waals surface area contributed by atoms with Gasteiger partial charge in [-0.15, -0.1) is 0 Å². The largest absolute Gasteiger partial charge is 0.310 e.